The lowest BCUT2D eigenvalue weighted by Crippen LogP contribution is -2.10. The van der Waals surface area contributed by atoms with Crippen LogP contribution in [0.25, 0.3) is 0 Å². The lowest BCUT2D eigenvalue weighted by atomic mass is 10.1. The quantitative estimate of drug-likeness (QED) is 0.584. The van der Waals surface area contributed by atoms with Gasteiger partial charge in [-0.2, -0.15) is 0 Å². The van der Waals surface area contributed by atoms with E-state index in [0.717, 1.165) is 12.8 Å². The summed E-state index contributed by atoms with van der Waals surface area (Å²) < 4.78 is 9.88. The first-order valence-corrected chi connectivity index (χ1v) is 6.51. The highest BCUT2D eigenvalue weighted by Crippen LogP contribution is 2.12. The minimum absolute atomic E-state index is 0.183. The molecule has 0 amide bonds. The molecule has 0 saturated heterocycles. The molecule has 0 aliphatic rings. The van der Waals surface area contributed by atoms with E-state index in [2.05, 4.69) is 0 Å². The molecule has 0 heterocycles. The average Bonchev–Trinajstić information content (AvgIpc) is 2.47. The van der Waals surface area contributed by atoms with Crippen LogP contribution in [0.5, 0.6) is 0 Å². The second kappa shape index (κ2) is 8.69. The summed E-state index contributed by atoms with van der Waals surface area (Å²) in [5.74, 6) is -1.16. The fraction of sp³-hybridized carbons (Fsp3) is 0.250. The van der Waals surface area contributed by atoms with Crippen molar-refractivity contribution in [3.63, 3.8) is 0 Å². The molecule has 0 aromatic heterocycles. The normalized spacial score (nSPS) is 10.9. The van der Waals surface area contributed by atoms with Crippen LogP contribution in [-0.2, 0) is 9.47 Å². The van der Waals surface area contributed by atoms with Gasteiger partial charge in [-0.05, 0) is 37.1 Å². The Labute approximate surface area is 118 Å². The molecule has 20 heavy (non-hydrogen) atoms. The molecule has 0 saturated carbocycles. The Morgan fingerprint density at radius 2 is 1.30 bits per heavy atom. The number of ether oxygens (including phenoxy) is 2. The van der Waals surface area contributed by atoms with Crippen LogP contribution < -0.4 is 0 Å². The number of carbonyl (C=O) groups excluding carboxylic acids is 2. The van der Waals surface area contributed by atoms with Gasteiger partial charge in [0.05, 0.1) is 23.7 Å². The van der Waals surface area contributed by atoms with Gasteiger partial charge in [0.15, 0.2) is 0 Å². The fourth-order valence-electron chi connectivity index (χ4n) is 1.38. The first kappa shape index (κ1) is 15.7. The molecule has 4 heteroatoms. The molecule has 4 nitrogen and oxygen atoms in total. The maximum absolute atomic E-state index is 11.9. The highest BCUT2D eigenvalue weighted by atomic mass is 16.5. The van der Waals surface area contributed by atoms with Gasteiger partial charge in [0, 0.05) is 0 Å². The van der Waals surface area contributed by atoms with Crippen molar-refractivity contribution in [3.8, 4) is 0 Å². The van der Waals surface area contributed by atoms with Crippen LogP contribution in [-0.4, -0.2) is 11.9 Å². The number of hydrogen-bond donors (Lipinski definition) is 0. The predicted octanol–water partition coefficient (Wildman–Crippen LogP) is 3.85. The summed E-state index contributed by atoms with van der Waals surface area (Å²) in [7, 11) is 0. The van der Waals surface area contributed by atoms with Gasteiger partial charge in [0.2, 0.25) is 0 Å². The van der Waals surface area contributed by atoms with E-state index >= 15 is 0 Å². The van der Waals surface area contributed by atoms with Crippen LogP contribution in [0.4, 0.5) is 0 Å². The van der Waals surface area contributed by atoms with Crippen molar-refractivity contribution in [1.82, 2.24) is 0 Å². The van der Waals surface area contributed by atoms with E-state index in [9.17, 15) is 9.59 Å². The summed E-state index contributed by atoms with van der Waals surface area (Å²) in [4.78, 5) is 23.8. The zero-order chi connectivity index (χ0) is 14.8. The minimum Gasteiger partial charge on any atom is -0.431 e. The van der Waals surface area contributed by atoms with Gasteiger partial charge in [-0.3, -0.25) is 0 Å². The molecule has 0 fully saturated rings. The molecule has 0 spiro atoms. The van der Waals surface area contributed by atoms with Gasteiger partial charge in [-0.15, -0.1) is 0 Å². The Balaban J connectivity index is 2.87. The first-order chi connectivity index (χ1) is 9.70. The summed E-state index contributed by atoms with van der Waals surface area (Å²) in [6.07, 6.45) is 7.59. The van der Waals surface area contributed by atoms with E-state index < -0.39 is 11.9 Å². The van der Waals surface area contributed by atoms with Crippen molar-refractivity contribution >= 4 is 11.9 Å². The summed E-state index contributed by atoms with van der Waals surface area (Å²) in [5, 5.41) is 0. The van der Waals surface area contributed by atoms with Crippen molar-refractivity contribution in [2.24, 2.45) is 0 Å². The van der Waals surface area contributed by atoms with Crippen LogP contribution in [0.3, 0.4) is 0 Å². The van der Waals surface area contributed by atoms with Crippen molar-refractivity contribution in [1.29, 1.82) is 0 Å². The maximum atomic E-state index is 11.9. The molecular formula is C16H18O4. The monoisotopic (exact) mass is 274 g/mol. The second-order valence-corrected chi connectivity index (χ2v) is 3.92. The molecule has 1 aromatic rings. The van der Waals surface area contributed by atoms with Gasteiger partial charge in [0.1, 0.15) is 0 Å². The second-order valence-electron chi connectivity index (χ2n) is 3.92. The third-order valence-electron chi connectivity index (χ3n) is 2.38. The van der Waals surface area contributed by atoms with Crippen LogP contribution in [0.15, 0.2) is 48.9 Å². The highest BCUT2D eigenvalue weighted by molar-refractivity contribution is 6.03. The van der Waals surface area contributed by atoms with Crippen LogP contribution in [0.1, 0.15) is 47.4 Å². The minimum atomic E-state index is -0.582. The van der Waals surface area contributed by atoms with E-state index in [1.807, 2.05) is 13.8 Å². The molecule has 1 aromatic carbocycles. The first-order valence-electron chi connectivity index (χ1n) is 6.51. The molecule has 0 bridgehead atoms. The Morgan fingerprint density at radius 3 is 1.65 bits per heavy atom. The van der Waals surface area contributed by atoms with Gasteiger partial charge in [-0.1, -0.05) is 26.0 Å². The smallest absolute Gasteiger partial charge is 0.343 e. The molecule has 106 valence electrons. The third kappa shape index (κ3) is 4.72. The zero-order valence-corrected chi connectivity index (χ0v) is 11.7. The largest absolute Gasteiger partial charge is 0.431 e. The number of esters is 2. The third-order valence-corrected chi connectivity index (χ3v) is 2.38. The number of allylic oxidation sites excluding steroid dienone is 2. The fourth-order valence-corrected chi connectivity index (χ4v) is 1.38. The summed E-state index contributed by atoms with van der Waals surface area (Å²) >= 11 is 0. The molecule has 0 radical (unpaired) electrons. The lowest BCUT2D eigenvalue weighted by molar-refractivity contribution is 0.0617. The average molecular weight is 274 g/mol. The van der Waals surface area contributed by atoms with E-state index in [0.29, 0.717) is 0 Å². The molecule has 0 atom stereocenters. The van der Waals surface area contributed by atoms with Gasteiger partial charge < -0.3 is 9.47 Å². The van der Waals surface area contributed by atoms with Gasteiger partial charge >= 0.3 is 11.9 Å². The van der Waals surface area contributed by atoms with Gasteiger partial charge in [0.25, 0.3) is 0 Å². The maximum Gasteiger partial charge on any atom is 0.343 e. The van der Waals surface area contributed by atoms with Crippen LogP contribution in [0.2, 0.25) is 0 Å². The van der Waals surface area contributed by atoms with Crippen molar-refractivity contribution in [2.45, 2.75) is 26.7 Å². The zero-order valence-electron chi connectivity index (χ0n) is 11.7. The van der Waals surface area contributed by atoms with Crippen LogP contribution in [0, 0.1) is 0 Å². The van der Waals surface area contributed by atoms with Crippen molar-refractivity contribution in [3.05, 3.63) is 60.1 Å². The molecule has 0 unspecified atom stereocenters. The number of rotatable bonds is 6. The van der Waals surface area contributed by atoms with E-state index in [4.69, 9.17) is 9.47 Å². The summed E-state index contributed by atoms with van der Waals surface area (Å²) in [6.45, 7) is 3.85. The van der Waals surface area contributed by atoms with Crippen LogP contribution >= 0.6 is 0 Å². The Morgan fingerprint density at radius 1 is 0.900 bits per heavy atom. The van der Waals surface area contributed by atoms with Crippen molar-refractivity contribution in [2.75, 3.05) is 0 Å². The standard InChI is InChI=1S/C16H18O4/c1-3-5-11-19-15(17)13-9-7-8-10-14(13)16(18)20-12-6-4-2/h5-12H,3-4H2,1-2H3. The molecule has 1 rings (SSSR count). The van der Waals surface area contributed by atoms with E-state index in [1.165, 1.54) is 24.7 Å². The van der Waals surface area contributed by atoms with Crippen molar-refractivity contribution < 1.29 is 19.1 Å². The molecule has 0 N–H and O–H groups in total. The number of hydrogen-bond acceptors (Lipinski definition) is 4. The lowest BCUT2D eigenvalue weighted by Gasteiger charge is -2.05. The van der Waals surface area contributed by atoms with E-state index in [-0.39, 0.29) is 11.1 Å². The predicted molar refractivity (Wildman–Crippen MR) is 76.1 cm³/mol. The Kier molecular flexibility index (Phi) is 6.82. The topological polar surface area (TPSA) is 52.6 Å². The Hall–Kier alpha value is -2.36. The van der Waals surface area contributed by atoms with E-state index in [1.54, 1.807) is 24.3 Å². The highest BCUT2D eigenvalue weighted by Gasteiger charge is 2.17. The Bertz CT molecular complexity index is 468. The SMILES string of the molecule is CCC=COC(=O)c1ccccc1C(=O)OC=CCC. The van der Waals surface area contributed by atoms with Gasteiger partial charge in [-0.25, -0.2) is 9.59 Å². The molecule has 0 aliphatic heterocycles. The molecular weight excluding hydrogens is 256 g/mol. The molecule has 0 aliphatic carbocycles. The summed E-state index contributed by atoms with van der Waals surface area (Å²) in [5.41, 5.74) is 0.367. The number of carbonyl (C=O) groups is 2. The number of benzene rings is 1. The summed E-state index contributed by atoms with van der Waals surface area (Å²) in [6, 6.07) is 6.39.